The molecule has 34 heavy (non-hydrogen) atoms. The average molecular weight is 455 g/mol. The minimum Gasteiger partial charge on any atom is -0.354 e. The predicted octanol–water partition coefficient (Wildman–Crippen LogP) is 3.94. The summed E-state index contributed by atoms with van der Waals surface area (Å²) in [5, 5.41) is 11.6. The van der Waals surface area contributed by atoms with Crippen LogP contribution in [0.25, 0.3) is 33.4 Å². The predicted molar refractivity (Wildman–Crippen MR) is 134 cm³/mol. The van der Waals surface area contributed by atoms with Gasteiger partial charge in [0.1, 0.15) is 0 Å². The highest BCUT2D eigenvalue weighted by atomic mass is 16.1. The van der Waals surface area contributed by atoms with Crippen molar-refractivity contribution in [2.75, 3.05) is 19.6 Å². The van der Waals surface area contributed by atoms with Gasteiger partial charge in [-0.1, -0.05) is 12.1 Å². The van der Waals surface area contributed by atoms with E-state index in [4.69, 9.17) is 0 Å². The summed E-state index contributed by atoms with van der Waals surface area (Å²) in [5.41, 5.74) is 5.07. The molecule has 7 heteroatoms. The van der Waals surface area contributed by atoms with Crippen molar-refractivity contribution in [3.05, 3.63) is 70.8 Å². The van der Waals surface area contributed by atoms with Gasteiger partial charge >= 0.3 is 0 Å². The lowest BCUT2D eigenvalue weighted by Crippen LogP contribution is -2.38. The summed E-state index contributed by atoms with van der Waals surface area (Å²) in [4.78, 5) is 22.7. The SMILES string of the molecule is O=c1[nH]nc(-c2ccncc2)cc1-c1cc2ccc(CNCC3CCN(C4CC4)CC3)cc2[nH]1. The molecular weight excluding hydrogens is 424 g/mol. The maximum absolute atomic E-state index is 12.5. The van der Waals surface area contributed by atoms with Crippen LogP contribution in [-0.2, 0) is 6.54 Å². The fourth-order valence-corrected chi connectivity index (χ4v) is 5.09. The van der Waals surface area contributed by atoms with Crippen LogP contribution in [0.15, 0.2) is 59.7 Å². The molecule has 2 aliphatic rings. The third-order valence-electron chi connectivity index (χ3n) is 7.23. The first-order valence-corrected chi connectivity index (χ1v) is 12.3. The smallest absolute Gasteiger partial charge is 0.273 e. The molecule has 0 atom stereocenters. The fourth-order valence-electron chi connectivity index (χ4n) is 5.09. The molecule has 1 saturated carbocycles. The molecule has 0 bridgehead atoms. The first-order chi connectivity index (χ1) is 16.7. The van der Waals surface area contributed by atoms with E-state index in [9.17, 15) is 4.79 Å². The fraction of sp³-hybridized carbons (Fsp3) is 0.370. The summed E-state index contributed by atoms with van der Waals surface area (Å²) in [6.45, 7) is 4.47. The van der Waals surface area contributed by atoms with Gasteiger partial charge in [-0.3, -0.25) is 9.78 Å². The summed E-state index contributed by atoms with van der Waals surface area (Å²) in [6, 6.07) is 15.0. The van der Waals surface area contributed by atoms with Crippen molar-refractivity contribution < 1.29 is 0 Å². The van der Waals surface area contributed by atoms with Crippen molar-refractivity contribution in [2.45, 2.75) is 38.3 Å². The Kier molecular flexibility index (Phi) is 5.73. The zero-order chi connectivity index (χ0) is 22.9. The zero-order valence-electron chi connectivity index (χ0n) is 19.3. The Morgan fingerprint density at radius 3 is 2.62 bits per heavy atom. The molecule has 0 amide bonds. The molecule has 1 aliphatic heterocycles. The van der Waals surface area contributed by atoms with Crippen molar-refractivity contribution in [3.8, 4) is 22.5 Å². The number of nitrogens with one attached hydrogen (secondary N) is 3. The van der Waals surface area contributed by atoms with Gasteiger partial charge in [0, 0.05) is 41.4 Å². The number of hydrogen-bond donors (Lipinski definition) is 3. The largest absolute Gasteiger partial charge is 0.354 e. The van der Waals surface area contributed by atoms with E-state index in [1.54, 1.807) is 12.4 Å². The summed E-state index contributed by atoms with van der Waals surface area (Å²) in [5.74, 6) is 0.781. The number of pyridine rings is 1. The second kappa shape index (κ2) is 9.16. The first-order valence-electron chi connectivity index (χ1n) is 12.3. The molecular formula is C27H30N6O. The number of aromatic nitrogens is 4. The number of benzene rings is 1. The van der Waals surface area contributed by atoms with Crippen molar-refractivity contribution in [1.29, 1.82) is 0 Å². The number of aromatic amines is 2. The molecule has 3 N–H and O–H groups in total. The number of nitrogens with zero attached hydrogens (tertiary/aromatic N) is 3. The van der Waals surface area contributed by atoms with Crippen LogP contribution in [0.3, 0.4) is 0 Å². The second-order valence-electron chi connectivity index (χ2n) is 9.68. The van der Waals surface area contributed by atoms with Crippen LogP contribution in [0.2, 0.25) is 0 Å². The van der Waals surface area contributed by atoms with Gasteiger partial charge in [0.2, 0.25) is 0 Å². The Morgan fingerprint density at radius 1 is 1.00 bits per heavy atom. The van der Waals surface area contributed by atoms with Crippen LogP contribution < -0.4 is 10.9 Å². The number of H-pyrrole nitrogens is 2. The number of likely N-dealkylation sites (tertiary alicyclic amines) is 1. The van der Waals surface area contributed by atoms with Gasteiger partial charge in [-0.25, -0.2) is 5.10 Å². The maximum Gasteiger partial charge on any atom is 0.273 e. The molecule has 7 nitrogen and oxygen atoms in total. The standard InChI is InChI=1S/C27H30N6O/c34-27-23(15-25(31-32-27)20-5-9-28-10-6-20)26-14-21-2-1-19(13-24(21)30-26)17-29-16-18-7-11-33(12-8-18)22-3-4-22/h1-2,5-6,9-10,13-15,18,22,29-30H,3-4,7-8,11-12,16-17H2,(H,32,34). The van der Waals surface area contributed by atoms with Gasteiger partial charge in [0.15, 0.2) is 0 Å². The quantitative estimate of drug-likeness (QED) is 0.394. The number of rotatable bonds is 7. The molecule has 1 aromatic carbocycles. The third-order valence-corrected chi connectivity index (χ3v) is 7.23. The third kappa shape index (κ3) is 4.54. The van der Waals surface area contributed by atoms with Crippen LogP contribution in [-0.4, -0.2) is 50.7 Å². The van der Waals surface area contributed by atoms with Gasteiger partial charge in [-0.15, -0.1) is 0 Å². The summed E-state index contributed by atoms with van der Waals surface area (Å²) >= 11 is 0. The van der Waals surface area contributed by atoms with Crippen LogP contribution in [0.1, 0.15) is 31.2 Å². The Hall–Kier alpha value is -3.29. The normalized spacial score (nSPS) is 17.4. The van der Waals surface area contributed by atoms with Gasteiger partial charge in [0.25, 0.3) is 5.56 Å². The lowest BCUT2D eigenvalue weighted by molar-refractivity contribution is 0.174. The van der Waals surface area contributed by atoms with Crippen molar-refractivity contribution >= 4 is 10.9 Å². The topological polar surface area (TPSA) is 89.7 Å². The summed E-state index contributed by atoms with van der Waals surface area (Å²) in [6.07, 6.45) is 8.88. The molecule has 6 rings (SSSR count). The zero-order valence-corrected chi connectivity index (χ0v) is 19.3. The van der Waals surface area contributed by atoms with Crippen LogP contribution in [0.5, 0.6) is 0 Å². The molecule has 0 spiro atoms. The molecule has 174 valence electrons. The van der Waals surface area contributed by atoms with Gasteiger partial charge in [0.05, 0.1) is 17.0 Å². The molecule has 0 unspecified atom stereocenters. The highest BCUT2D eigenvalue weighted by Crippen LogP contribution is 2.30. The highest BCUT2D eigenvalue weighted by molar-refractivity contribution is 5.86. The number of fused-ring (bicyclic) bond motifs is 1. The van der Waals surface area contributed by atoms with Crippen LogP contribution in [0.4, 0.5) is 0 Å². The van der Waals surface area contributed by atoms with E-state index in [2.05, 4.69) is 48.6 Å². The van der Waals surface area contributed by atoms with E-state index in [-0.39, 0.29) is 5.56 Å². The van der Waals surface area contributed by atoms with E-state index < -0.39 is 0 Å². The Balaban J connectivity index is 1.13. The monoisotopic (exact) mass is 454 g/mol. The minimum atomic E-state index is -0.209. The average Bonchev–Trinajstić information content (AvgIpc) is 3.64. The number of hydrogen-bond acceptors (Lipinski definition) is 5. The Morgan fingerprint density at radius 2 is 1.82 bits per heavy atom. The molecule has 4 heterocycles. The molecule has 0 radical (unpaired) electrons. The summed E-state index contributed by atoms with van der Waals surface area (Å²) < 4.78 is 0. The first kappa shape index (κ1) is 21.3. The van der Waals surface area contributed by atoms with E-state index in [1.807, 2.05) is 24.3 Å². The number of piperidine rings is 1. The van der Waals surface area contributed by atoms with E-state index in [0.717, 1.165) is 47.2 Å². The van der Waals surface area contributed by atoms with Crippen LogP contribution >= 0.6 is 0 Å². The van der Waals surface area contributed by atoms with Gasteiger partial charge < -0.3 is 15.2 Å². The maximum atomic E-state index is 12.5. The lowest BCUT2D eigenvalue weighted by atomic mass is 9.96. The van der Waals surface area contributed by atoms with Gasteiger partial charge in [-0.2, -0.15) is 5.10 Å². The van der Waals surface area contributed by atoms with E-state index >= 15 is 0 Å². The van der Waals surface area contributed by atoms with Gasteiger partial charge in [-0.05, 0) is 87.1 Å². The second-order valence-corrected chi connectivity index (χ2v) is 9.68. The van der Waals surface area contributed by atoms with E-state index in [0.29, 0.717) is 11.3 Å². The van der Waals surface area contributed by atoms with E-state index in [1.165, 1.54) is 44.3 Å². The molecule has 3 aromatic heterocycles. The summed E-state index contributed by atoms with van der Waals surface area (Å²) in [7, 11) is 0. The molecule has 4 aromatic rings. The highest BCUT2D eigenvalue weighted by Gasteiger charge is 2.31. The van der Waals surface area contributed by atoms with Crippen LogP contribution in [0, 0.1) is 5.92 Å². The Bertz CT molecular complexity index is 1330. The Labute approximate surface area is 198 Å². The molecule has 1 aliphatic carbocycles. The molecule has 1 saturated heterocycles. The van der Waals surface area contributed by atoms with Crippen molar-refractivity contribution in [3.63, 3.8) is 0 Å². The minimum absolute atomic E-state index is 0.209. The van der Waals surface area contributed by atoms with Crippen molar-refractivity contribution in [2.24, 2.45) is 5.92 Å². The molecule has 2 fully saturated rings. The van der Waals surface area contributed by atoms with Crippen molar-refractivity contribution in [1.82, 2.24) is 30.4 Å². The lowest BCUT2D eigenvalue weighted by Gasteiger charge is -2.32.